The second-order valence-corrected chi connectivity index (χ2v) is 15.3. The summed E-state index contributed by atoms with van der Waals surface area (Å²) in [7, 11) is 1.74. The van der Waals surface area contributed by atoms with E-state index < -0.39 is 21.4 Å². The Kier molecular flexibility index (Phi) is 18.3. The van der Waals surface area contributed by atoms with Gasteiger partial charge in [0.1, 0.15) is 11.5 Å². The molecule has 0 aromatic rings. The third-order valence-electron chi connectivity index (χ3n) is 7.14. The highest BCUT2D eigenvalue weighted by Crippen LogP contribution is 2.30. The first-order chi connectivity index (χ1) is 20.1. The molecule has 6 N–H and O–H groups in total. The molecule has 0 fully saturated rings. The van der Waals surface area contributed by atoms with Crippen LogP contribution < -0.4 is 27.0 Å². The number of amides is 3. The molecule has 11 nitrogen and oxygen atoms in total. The molecule has 2 atom stereocenters. The van der Waals surface area contributed by atoms with Crippen molar-refractivity contribution >= 4 is 36.1 Å². The van der Waals surface area contributed by atoms with Gasteiger partial charge in [-0.15, -0.1) is 12.6 Å². The fourth-order valence-corrected chi connectivity index (χ4v) is 5.61. The van der Waals surface area contributed by atoms with Crippen molar-refractivity contribution in [3.05, 3.63) is 0 Å². The molecule has 0 aromatic heterocycles. The van der Waals surface area contributed by atoms with Gasteiger partial charge in [-0.05, 0) is 71.8 Å². The average Bonchev–Trinajstić information content (AvgIpc) is 2.87. The molecule has 44 heavy (non-hydrogen) atoms. The van der Waals surface area contributed by atoms with E-state index >= 15 is 0 Å². The van der Waals surface area contributed by atoms with Gasteiger partial charge in [0.15, 0.2) is 5.78 Å². The van der Waals surface area contributed by atoms with Gasteiger partial charge in [0.2, 0.25) is 17.7 Å². The van der Waals surface area contributed by atoms with E-state index in [0.717, 1.165) is 19.3 Å². The van der Waals surface area contributed by atoms with E-state index in [-0.39, 0.29) is 48.7 Å². The standard InChI is InChI=1S/C32H63N5O6S/c1-11-14-24(38)32(44,34-10)15-12-13-16-35-25(39)21-43-20-19-42-18-17-36-26(40)29(5,6)23-30(7,8)37-27(41)31(9,33)22-28(2,3)4/h34,44H,11-23,33H2,1-10H3,(H,35,39)(H,36,40)(H,37,41)/t31?,32-/m0/s1. The summed E-state index contributed by atoms with van der Waals surface area (Å²) in [5, 5.41) is 11.8. The second-order valence-electron chi connectivity index (χ2n) is 14.6. The molecule has 1 unspecified atom stereocenters. The van der Waals surface area contributed by atoms with Gasteiger partial charge in [-0.1, -0.05) is 41.5 Å². The number of Topliss-reactive ketones (excluding diaryl/α,β-unsaturated/α-hetero) is 1. The molecule has 0 aromatic carbocycles. The lowest BCUT2D eigenvalue weighted by atomic mass is 9.77. The van der Waals surface area contributed by atoms with Crippen LogP contribution in [0.15, 0.2) is 0 Å². The number of ether oxygens (including phenoxy) is 2. The predicted molar refractivity (Wildman–Crippen MR) is 179 cm³/mol. The summed E-state index contributed by atoms with van der Waals surface area (Å²) in [6.07, 6.45) is 4.31. The van der Waals surface area contributed by atoms with E-state index in [2.05, 4.69) is 33.9 Å². The lowest BCUT2D eigenvalue weighted by molar-refractivity contribution is -0.133. The molecule has 0 aliphatic heterocycles. The highest BCUT2D eigenvalue weighted by molar-refractivity contribution is 7.82. The Morgan fingerprint density at radius 2 is 1.41 bits per heavy atom. The minimum absolute atomic E-state index is 0.0673. The summed E-state index contributed by atoms with van der Waals surface area (Å²) in [6, 6.07) is 0. The normalized spacial score (nSPS) is 15.2. The van der Waals surface area contributed by atoms with Crippen LogP contribution in [0, 0.1) is 10.8 Å². The van der Waals surface area contributed by atoms with Crippen LogP contribution in [-0.4, -0.2) is 86.0 Å². The summed E-state index contributed by atoms with van der Waals surface area (Å²) >= 11 is 4.53. The molecule has 12 heteroatoms. The monoisotopic (exact) mass is 645 g/mol. The van der Waals surface area contributed by atoms with Gasteiger partial charge in [-0.2, -0.15) is 0 Å². The largest absolute Gasteiger partial charge is 0.377 e. The SMILES string of the molecule is CCCC(=O)[C@@](S)(CCCCNC(=O)COCCOCCNC(=O)C(C)(C)CC(C)(C)NC(=O)C(C)(N)CC(C)(C)C)NC. The van der Waals surface area contributed by atoms with Crippen LogP contribution in [0.4, 0.5) is 0 Å². The van der Waals surface area contributed by atoms with Crippen LogP contribution in [0.1, 0.15) is 107 Å². The first-order valence-corrected chi connectivity index (χ1v) is 16.3. The molecule has 0 bridgehead atoms. The number of carbonyl (C=O) groups is 4. The topological polar surface area (TPSA) is 161 Å². The van der Waals surface area contributed by atoms with Gasteiger partial charge < -0.3 is 31.2 Å². The molecule has 0 rings (SSSR count). The molecule has 258 valence electrons. The maximum absolute atomic E-state index is 12.9. The van der Waals surface area contributed by atoms with Crippen molar-refractivity contribution in [2.45, 2.75) is 123 Å². The van der Waals surface area contributed by atoms with E-state index in [1.165, 1.54) is 0 Å². The van der Waals surface area contributed by atoms with E-state index in [1.54, 1.807) is 14.0 Å². The van der Waals surface area contributed by atoms with Crippen LogP contribution in [0.25, 0.3) is 0 Å². The number of nitrogens with one attached hydrogen (secondary N) is 4. The maximum Gasteiger partial charge on any atom is 0.245 e. The van der Waals surface area contributed by atoms with Crippen molar-refractivity contribution < 1.29 is 28.7 Å². The Labute approximate surface area is 272 Å². The summed E-state index contributed by atoms with van der Waals surface area (Å²) < 4.78 is 10.9. The summed E-state index contributed by atoms with van der Waals surface area (Å²) in [6.45, 7) is 18.9. The smallest absolute Gasteiger partial charge is 0.245 e. The first-order valence-electron chi connectivity index (χ1n) is 15.9. The molecular weight excluding hydrogens is 582 g/mol. The fraction of sp³-hybridized carbons (Fsp3) is 0.875. The zero-order valence-corrected chi connectivity index (χ0v) is 30.1. The second kappa shape index (κ2) is 19.1. The number of unbranched alkanes of at least 4 members (excludes halogenated alkanes) is 1. The molecule has 0 spiro atoms. The number of thiol groups is 1. The summed E-state index contributed by atoms with van der Waals surface area (Å²) in [5.74, 6) is -0.495. The van der Waals surface area contributed by atoms with Crippen LogP contribution in [0.5, 0.6) is 0 Å². The number of hydrogen-bond donors (Lipinski definition) is 6. The molecule has 0 aliphatic rings. The van der Waals surface area contributed by atoms with Gasteiger partial charge in [0.25, 0.3) is 0 Å². The lowest BCUT2D eigenvalue weighted by Crippen LogP contribution is -2.59. The fourth-order valence-electron chi connectivity index (χ4n) is 5.34. The molecular formula is C32H63N5O6S. The Morgan fingerprint density at radius 1 is 0.795 bits per heavy atom. The Morgan fingerprint density at radius 3 is 1.98 bits per heavy atom. The van der Waals surface area contributed by atoms with E-state index in [0.29, 0.717) is 45.4 Å². The van der Waals surface area contributed by atoms with Crippen molar-refractivity contribution in [1.29, 1.82) is 0 Å². The third-order valence-corrected chi connectivity index (χ3v) is 7.84. The Balaban J connectivity index is 4.19. The van der Waals surface area contributed by atoms with Crippen LogP contribution >= 0.6 is 12.6 Å². The molecule has 0 heterocycles. The zero-order chi connectivity index (χ0) is 34.2. The third kappa shape index (κ3) is 17.7. The molecule has 0 radical (unpaired) electrons. The maximum atomic E-state index is 12.9. The van der Waals surface area contributed by atoms with Crippen molar-refractivity contribution in [1.82, 2.24) is 21.3 Å². The number of likely N-dealkylation sites (N-methyl/N-ethyl adjacent to an activating group) is 1. The van der Waals surface area contributed by atoms with Crippen LogP contribution in [0.3, 0.4) is 0 Å². The van der Waals surface area contributed by atoms with Crippen molar-refractivity contribution in [2.24, 2.45) is 16.6 Å². The molecule has 0 aliphatic carbocycles. The number of rotatable bonds is 23. The minimum Gasteiger partial charge on any atom is -0.377 e. The van der Waals surface area contributed by atoms with E-state index in [1.807, 2.05) is 55.4 Å². The molecule has 0 saturated carbocycles. The zero-order valence-electron chi connectivity index (χ0n) is 29.2. The van der Waals surface area contributed by atoms with Gasteiger partial charge >= 0.3 is 0 Å². The van der Waals surface area contributed by atoms with Gasteiger partial charge in [-0.3, -0.25) is 24.5 Å². The van der Waals surface area contributed by atoms with E-state index in [9.17, 15) is 19.2 Å². The van der Waals surface area contributed by atoms with Crippen LogP contribution in [0.2, 0.25) is 0 Å². The summed E-state index contributed by atoms with van der Waals surface area (Å²) in [5.41, 5.74) is 3.83. The average molecular weight is 646 g/mol. The van der Waals surface area contributed by atoms with Gasteiger partial charge in [-0.25, -0.2) is 0 Å². The van der Waals surface area contributed by atoms with E-state index in [4.69, 9.17) is 15.2 Å². The van der Waals surface area contributed by atoms with Gasteiger partial charge in [0.05, 0.1) is 25.4 Å². The summed E-state index contributed by atoms with van der Waals surface area (Å²) in [4.78, 5) is 49.2. The number of hydrogen-bond acceptors (Lipinski definition) is 9. The van der Waals surface area contributed by atoms with Crippen molar-refractivity contribution in [3.63, 3.8) is 0 Å². The lowest BCUT2D eigenvalue weighted by Gasteiger charge is -2.38. The quantitative estimate of drug-likeness (QED) is 0.0562. The predicted octanol–water partition coefficient (Wildman–Crippen LogP) is 3.10. The Hall–Kier alpha value is -1.73. The first kappa shape index (κ1) is 42.3. The van der Waals surface area contributed by atoms with Crippen molar-refractivity contribution in [2.75, 3.05) is 46.6 Å². The van der Waals surface area contributed by atoms with Crippen molar-refractivity contribution in [3.8, 4) is 0 Å². The Bertz CT molecular complexity index is 919. The van der Waals surface area contributed by atoms with Gasteiger partial charge in [0, 0.05) is 30.5 Å². The number of ketones is 1. The minimum atomic E-state index is -1.02. The number of carbonyl (C=O) groups excluding carboxylic acids is 4. The number of nitrogens with two attached hydrogens (primary N) is 1. The highest BCUT2D eigenvalue weighted by atomic mass is 32.1. The molecule has 3 amide bonds. The highest BCUT2D eigenvalue weighted by Gasteiger charge is 2.39. The van der Waals surface area contributed by atoms with Crippen LogP contribution in [-0.2, 0) is 28.7 Å². The molecule has 0 saturated heterocycles.